The summed E-state index contributed by atoms with van der Waals surface area (Å²) in [7, 11) is 3.09. The average molecular weight is 601 g/mol. The van der Waals surface area contributed by atoms with Gasteiger partial charge in [0.25, 0.3) is 11.8 Å². The Morgan fingerprint density at radius 1 is 1.02 bits per heavy atom. The van der Waals surface area contributed by atoms with Gasteiger partial charge in [-0.3, -0.25) is 19.2 Å². The maximum atomic E-state index is 13.4. The van der Waals surface area contributed by atoms with Gasteiger partial charge < -0.3 is 30.5 Å². The minimum atomic E-state index is -1.41. The molecular weight excluding hydrogens is 564 g/mol. The molecule has 4 N–H and O–H groups in total. The predicted molar refractivity (Wildman–Crippen MR) is 162 cm³/mol. The molecule has 1 heterocycles. The Labute approximate surface area is 255 Å². The Bertz CT molecular complexity index is 1570. The van der Waals surface area contributed by atoms with E-state index in [4.69, 9.17) is 4.52 Å². The first kappa shape index (κ1) is 33.2. The number of nitriles is 1. The van der Waals surface area contributed by atoms with Gasteiger partial charge in [-0.15, -0.1) is 0 Å². The summed E-state index contributed by atoms with van der Waals surface area (Å²) in [5.41, 5.74) is 2.97. The summed E-state index contributed by atoms with van der Waals surface area (Å²) < 4.78 is 4.92. The molecule has 0 aliphatic heterocycles. The van der Waals surface area contributed by atoms with E-state index in [1.807, 2.05) is 37.3 Å². The standard InChI is InChI=1S/C32H36N6O6/c1-19-9-11-22(12-10-19)18-34-29(40)26(16-24-8-6-7-23(14-24)15-25(17-33)32(43)38(4)5)35-31(42)28(21(3)39)36-30(41)27-13-20(2)44-37-27/h6-15,21,26,28,39H,16,18H2,1-5H3,(H,34,40)(H,35,42)(H,36,41)/b25-15+/t21-,26+,28+/m1/s1. The zero-order valence-corrected chi connectivity index (χ0v) is 25.2. The first-order chi connectivity index (χ1) is 20.9. The van der Waals surface area contributed by atoms with Crippen molar-refractivity contribution in [2.75, 3.05) is 14.1 Å². The molecule has 0 saturated carbocycles. The largest absolute Gasteiger partial charge is 0.391 e. The Kier molecular flexibility index (Phi) is 11.5. The van der Waals surface area contributed by atoms with Crippen molar-refractivity contribution in [2.24, 2.45) is 0 Å². The number of amides is 4. The number of hydrogen-bond acceptors (Lipinski definition) is 8. The Balaban J connectivity index is 1.85. The van der Waals surface area contributed by atoms with E-state index in [1.165, 1.54) is 24.0 Å². The van der Waals surface area contributed by atoms with Gasteiger partial charge in [0.15, 0.2) is 5.69 Å². The van der Waals surface area contributed by atoms with E-state index in [1.54, 1.807) is 45.3 Å². The van der Waals surface area contributed by atoms with E-state index in [0.717, 1.165) is 11.1 Å². The van der Waals surface area contributed by atoms with Crippen molar-refractivity contribution in [3.63, 3.8) is 0 Å². The molecule has 3 rings (SSSR count). The highest BCUT2D eigenvalue weighted by Gasteiger charge is 2.31. The van der Waals surface area contributed by atoms with Crippen LogP contribution in [0.5, 0.6) is 0 Å². The van der Waals surface area contributed by atoms with Crippen molar-refractivity contribution in [1.82, 2.24) is 26.0 Å². The van der Waals surface area contributed by atoms with Crippen molar-refractivity contribution in [3.8, 4) is 6.07 Å². The highest BCUT2D eigenvalue weighted by Crippen LogP contribution is 2.14. The van der Waals surface area contributed by atoms with Crippen molar-refractivity contribution in [3.05, 3.63) is 93.9 Å². The summed E-state index contributed by atoms with van der Waals surface area (Å²) in [5.74, 6) is -2.08. The van der Waals surface area contributed by atoms with Gasteiger partial charge in [0, 0.05) is 33.1 Å². The number of aromatic nitrogens is 1. The number of carbonyl (C=O) groups is 4. The molecule has 1 aromatic heterocycles. The highest BCUT2D eigenvalue weighted by molar-refractivity contribution is 6.01. The summed E-state index contributed by atoms with van der Waals surface area (Å²) in [6, 6.07) is 15.2. The molecule has 0 aliphatic carbocycles. The van der Waals surface area contributed by atoms with Crippen LogP contribution in [0.1, 0.15) is 45.4 Å². The second kappa shape index (κ2) is 15.3. The summed E-state index contributed by atoms with van der Waals surface area (Å²) in [5, 5.41) is 31.4. The van der Waals surface area contributed by atoms with Crippen LogP contribution in [-0.2, 0) is 27.3 Å². The van der Waals surface area contributed by atoms with Crippen molar-refractivity contribution in [2.45, 2.75) is 51.9 Å². The van der Waals surface area contributed by atoms with Crippen molar-refractivity contribution >= 4 is 29.7 Å². The van der Waals surface area contributed by atoms with Crippen LogP contribution in [0.15, 0.2) is 64.7 Å². The minimum Gasteiger partial charge on any atom is -0.391 e. The third kappa shape index (κ3) is 9.37. The quantitative estimate of drug-likeness (QED) is 0.180. The van der Waals surface area contributed by atoms with Gasteiger partial charge in [-0.25, -0.2) is 0 Å². The molecule has 2 aromatic carbocycles. The number of aliphatic hydroxyl groups is 1. The number of benzene rings is 2. The van der Waals surface area contributed by atoms with Crippen LogP contribution in [0, 0.1) is 25.2 Å². The lowest BCUT2D eigenvalue weighted by Gasteiger charge is -2.24. The molecule has 230 valence electrons. The lowest BCUT2D eigenvalue weighted by molar-refractivity contribution is -0.131. The lowest BCUT2D eigenvalue weighted by Crippen LogP contribution is -2.57. The summed E-state index contributed by atoms with van der Waals surface area (Å²) in [4.78, 5) is 53.1. The fraction of sp³-hybridized carbons (Fsp3) is 0.312. The molecule has 3 atom stereocenters. The van der Waals surface area contributed by atoms with Crippen molar-refractivity contribution < 1.29 is 28.8 Å². The van der Waals surface area contributed by atoms with Gasteiger partial charge in [0.05, 0.1) is 6.10 Å². The van der Waals surface area contributed by atoms with E-state index in [2.05, 4.69) is 21.1 Å². The second-order valence-electron chi connectivity index (χ2n) is 10.6. The molecular formula is C32H36N6O6. The number of nitrogens with zero attached hydrogens (tertiary/aromatic N) is 3. The zero-order chi connectivity index (χ0) is 32.4. The first-order valence-electron chi connectivity index (χ1n) is 13.9. The molecule has 0 aliphatic rings. The van der Waals surface area contributed by atoms with Gasteiger partial charge in [0.1, 0.15) is 29.5 Å². The van der Waals surface area contributed by atoms with Gasteiger partial charge in [-0.1, -0.05) is 59.3 Å². The van der Waals surface area contributed by atoms with Gasteiger partial charge in [-0.05, 0) is 43.5 Å². The molecule has 12 heteroatoms. The van der Waals surface area contributed by atoms with Crippen LogP contribution in [0.4, 0.5) is 0 Å². The number of aliphatic hydroxyl groups excluding tert-OH is 1. The van der Waals surface area contributed by atoms with Crippen LogP contribution < -0.4 is 16.0 Å². The maximum absolute atomic E-state index is 13.4. The van der Waals surface area contributed by atoms with E-state index in [0.29, 0.717) is 16.9 Å². The SMILES string of the molecule is Cc1ccc(CNC(=O)[C@H](Cc2cccc(/C=C(\C#N)C(=O)N(C)C)c2)NC(=O)[C@@H](NC(=O)c2cc(C)on2)[C@@H](C)O)cc1. The van der Waals surface area contributed by atoms with Crippen molar-refractivity contribution in [1.29, 1.82) is 5.26 Å². The Hall–Kier alpha value is -5.28. The van der Waals surface area contributed by atoms with Gasteiger partial charge in [-0.2, -0.15) is 5.26 Å². The van der Waals surface area contributed by atoms with Gasteiger partial charge in [0.2, 0.25) is 11.8 Å². The molecule has 0 bridgehead atoms. The monoisotopic (exact) mass is 600 g/mol. The minimum absolute atomic E-state index is 0.0274. The van der Waals surface area contributed by atoms with Crippen LogP contribution in [-0.4, -0.2) is 71.1 Å². The molecule has 0 spiro atoms. The molecule has 0 saturated heterocycles. The molecule has 0 unspecified atom stereocenters. The number of carbonyl (C=O) groups excluding carboxylic acids is 4. The van der Waals surface area contributed by atoms with E-state index in [9.17, 15) is 29.5 Å². The number of aryl methyl sites for hydroxylation is 2. The third-order valence-corrected chi connectivity index (χ3v) is 6.59. The number of likely N-dealkylation sites (N-methyl/N-ethyl adjacent to an activating group) is 1. The third-order valence-electron chi connectivity index (χ3n) is 6.59. The van der Waals surface area contributed by atoms with Crippen LogP contribution in [0.25, 0.3) is 6.08 Å². The molecule has 12 nitrogen and oxygen atoms in total. The summed E-state index contributed by atoms with van der Waals surface area (Å²) in [6.07, 6.45) is 0.163. The predicted octanol–water partition coefficient (Wildman–Crippen LogP) is 1.81. The number of nitrogens with one attached hydrogen (secondary N) is 3. The number of hydrogen-bond donors (Lipinski definition) is 4. The average Bonchev–Trinajstić information content (AvgIpc) is 3.43. The normalized spacial score (nSPS) is 13.2. The van der Waals surface area contributed by atoms with E-state index >= 15 is 0 Å². The number of rotatable bonds is 12. The molecule has 44 heavy (non-hydrogen) atoms. The smallest absolute Gasteiger partial charge is 0.274 e. The lowest BCUT2D eigenvalue weighted by atomic mass is 10.0. The van der Waals surface area contributed by atoms with E-state index in [-0.39, 0.29) is 24.2 Å². The molecule has 3 aromatic rings. The fourth-order valence-electron chi connectivity index (χ4n) is 4.18. The highest BCUT2D eigenvalue weighted by atomic mass is 16.5. The van der Waals surface area contributed by atoms with Crippen LogP contribution in [0.3, 0.4) is 0 Å². The van der Waals surface area contributed by atoms with Crippen LogP contribution in [0.2, 0.25) is 0 Å². The topological polar surface area (TPSA) is 178 Å². The molecule has 0 fully saturated rings. The molecule has 4 amide bonds. The summed E-state index contributed by atoms with van der Waals surface area (Å²) in [6.45, 7) is 5.10. The second-order valence-corrected chi connectivity index (χ2v) is 10.6. The van der Waals surface area contributed by atoms with Gasteiger partial charge >= 0.3 is 0 Å². The molecule has 0 radical (unpaired) electrons. The Morgan fingerprint density at radius 3 is 2.32 bits per heavy atom. The maximum Gasteiger partial charge on any atom is 0.274 e. The summed E-state index contributed by atoms with van der Waals surface area (Å²) >= 11 is 0. The van der Waals surface area contributed by atoms with Crippen LogP contribution >= 0.6 is 0 Å². The van der Waals surface area contributed by atoms with E-state index < -0.39 is 41.8 Å². The fourth-order valence-corrected chi connectivity index (χ4v) is 4.18. The first-order valence-corrected chi connectivity index (χ1v) is 13.9. The zero-order valence-electron chi connectivity index (χ0n) is 25.2. The Morgan fingerprint density at radius 2 is 1.73 bits per heavy atom.